The monoisotopic (exact) mass is 194 g/mol. The summed E-state index contributed by atoms with van der Waals surface area (Å²) in [6.07, 6.45) is 1.83. The molecule has 5 nitrogen and oxygen atoms in total. The first kappa shape index (κ1) is 9.21. The minimum Gasteiger partial charge on any atom is -0.335 e. The first-order chi connectivity index (χ1) is 6.58. The van der Waals surface area contributed by atoms with Crippen LogP contribution in [0.2, 0.25) is 0 Å². The Bertz CT molecular complexity index is 371. The fraction of sp³-hybridized carbons (Fsp3) is 0.556. The smallest absolute Gasteiger partial charge is 0.238 e. The van der Waals surface area contributed by atoms with Crippen LogP contribution >= 0.6 is 0 Å². The van der Waals surface area contributed by atoms with Gasteiger partial charge in [-0.15, -0.1) is 0 Å². The summed E-state index contributed by atoms with van der Waals surface area (Å²) in [6, 6.07) is -0.125. The summed E-state index contributed by atoms with van der Waals surface area (Å²) in [6.45, 7) is 3.78. The molecule has 0 aromatic carbocycles. The summed E-state index contributed by atoms with van der Waals surface area (Å²) in [5, 5.41) is 10.3. The maximum absolute atomic E-state index is 11.3. The van der Waals surface area contributed by atoms with Gasteiger partial charge >= 0.3 is 0 Å². The lowest BCUT2D eigenvalue weighted by Crippen LogP contribution is -2.24. The van der Waals surface area contributed by atoms with Crippen molar-refractivity contribution in [3.63, 3.8) is 0 Å². The summed E-state index contributed by atoms with van der Waals surface area (Å²) in [5.41, 5.74) is 1.98. The van der Waals surface area contributed by atoms with Crippen molar-refractivity contribution in [2.45, 2.75) is 26.1 Å². The van der Waals surface area contributed by atoms with Crippen LogP contribution in [0.15, 0.2) is 6.20 Å². The fourth-order valence-electron chi connectivity index (χ4n) is 1.70. The second-order valence-electron chi connectivity index (χ2n) is 3.67. The Labute approximate surface area is 82.5 Å². The molecular formula is C9H14N4O. The number of nitrogens with zero attached hydrogens (tertiary/aromatic N) is 2. The Balaban J connectivity index is 2.25. The van der Waals surface area contributed by atoms with Crippen LogP contribution < -0.4 is 10.6 Å². The van der Waals surface area contributed by atoms with Gasteiger partial charge in [0.15, 0.2) is 0 Å². The zero-order valence-corrected chi connectivity index (χ0v) is 8.53. The van der Waals surface area contributed by atoms with Crippen LogP contribution in [0.4, 0.5) is 0 Å². The van der Waals surface area contributed by atoms with Gasteiger partial charge in [-0.05, 0) is 13.8 Å². The molecule has 76 valence electrons. The summed E-state index contributed by atoms with van der Waals surface area (Å²) >= 11 is 0. The van der Waals surface area contributed by atoms with Crippen LogP contribution in [0.3, 0.4) is 0 Å². The molecule has 0 radical (unpaired) electrons. The first-order valence-corrected chi connectivity index (χ1v) is 4.64. The van der Waals surface area contributed by atoms with Gasteiger partial charge in [0.05, 0.1) is 11.7 Å². The van der Waals surface area contributed by atoms with E-state index in [0.717, 1.165) is 11.3 Å². The van der Waals surface area contributed by atoms with Crippen molar-refractivity contribution < 1.29 is 4.79 Å². The molecular weight excluding hydrogens is 180 g/mol. The third-order valence-electron chi connectivity index (χ3n) is 2.46. The van der Waals surface area contributed by atoms with Gasteiger partial charge < -0.3 is 5.32 Å². The minimum atomic E-state index is -0.125. The summed E-state index contributed by atoms with van der Waals surface area (Å²) < 4.78 is 1.75. The molecule has 14 heavy (non-hydrogen) atoms. The van der Waals surface area contributed by atoms with E-state index >= 15 is 0 Å². The average Bonchev–Trinajstić information content (AvgIpc) is 2.57. The fourth-order valence-corrected chi connectivity index (χ4v) is 1.70. The standard InChI is InChI=1S/C9H14N4O/c1-5-7(4-13(3)12-5)8-10-6(2)9(14)11-8/h4,6,8,10H,1-3H3,(H,11,14). The Morgan fingerprint density at radius 3 is 2.71 bits per heavy atom. The molecule has 0 bridgehead atoms. The largest absolute Gasteiger partial charge is 0.335 e. The lowest BCUT2D eigenvalue weighted by molar-refractivity contribution is -0.120. The van der Waals surface area contributed by atoms with Crippen LogP contribution in [0.1, 0.15) is 24.3 Å². The van der Waals surface area contributed by atoms with Crippen molar-refractivity contribution in [2.75, 3.05) is 0 Å². The number of aromatic nitrogens is 2. The molecule has 1 saturated heterocycles. The maximum Gasteiger partial charge on any atom is 0.238 e. The number of amides is 1. The molecule has 1 fully saturated rings. The molecule has 0 spiro atoms. The quantitative estimate of drug-likeness (QED) is 0.653. The van der Waals surface area contributed by atoms with E-state index in [0.29, 0.717) is 0 Å². The van der Waals surface area contributed by atoms with Gasteiger partial charge in [0.2, 0.25) is 5.91 Å². The number of aryl methyl sites for hydroxylation is 2. The van der Waals surface area contributed by atoms with Crippen molar-refractivity contribution >= 4 is 5.91 Å². The van der Waals surface area contributed by atoms with E-state index < -0.39 is 0 Å². The van der Waals surface area contributed by atoms with Gasteiger partial charge in [-0.2, -0.15) is 5.10 Å². The third kappa shape index (κ3) is 1.39. The van der Waals surface area contributed by atoms with Crippen molar-refractivity contribution in [3.8, 4) is 0 Å². The second-order valence-corrected chi connectivity index (χ2v) is 3.67. The van der Waals surface area contributed by atoms with Crippen molar-refractivity contribution in [1.29, 1.82) is 0 Å². The van der Waals surface area contributed by atoms with Gasteiger partial charge in [-0.25, -0.2) is 0 Å². The lowest BCUT2D eigenvalue weighted by atomic mass is 10.2. The van der Waals surface area contributed by atoms with E-state index in [-0.39, 0.29) is 18.1 Å². The van der Waals surface area contributed by atoms with Gasteiger partial charge in [-0.3, -0.25) is 14.8 Å². The molecule has 2 N–H and O–H groups in total. The predicted octanol–water partition coefficient (Wildman–Crippen LogP) is -0.165. The molecule has 1 aliphatic rings. The van der Waals surface area contributed by atoms with Crippen molar-refractivity contribution in [3.05, 3.63) is 17.5 Å². The molecule has 5 heteroatoms. The summed E-state index contributed by atoms with van der Waals surface area (Å²) in [5.74, 6) is 0.0400. The molecule has 0 aliphatic carbocycles. The Hall–Kier alpha value is -1.36. The zero-order chi connectivity index (χ0) is 10.3. The molecule has 2 rings (SSSR count). The van der Waals surface area contributed by atoms with Crippen molar-refractivity contribution in [2.24, 2.45) is 7.05 Å². The Morgan fingerprint density at radius 1 is 1.57 bits per heavy atom. The van der Waals surface area contributed by atoms with Crippen LogP contribution in [-0.4, -0.2) is 21.7 Å². The molecule has 0 saturated carbocycles. The molecule has 1 amide bonds. The van der Waals surface area contributed by atoms with Crippen LogP contribution in [-0.2, 0) is 11.8 Å². The number of carbonyl (C=O) groups excluding carboxylic acids is 1. The average molecular weight is 194 g/mol. The first-order valence-electron chi connectivity index (χ1n) is 4.64. The van der Waals surface area contributed by atoms with E-state index in [2.05, 4.69) is 15.7 Å². The highest BCUT2D eigenvalue weighted by Gasteiger charge is 2.30. The third-order valence-corrected chi connectivity index (χ3v) is 2.46. The highest BCUT2D eigenvalue weighted by atomic mass is 16.2. The van der Waals surface area contributed by atoms with Crippen molar-refractivity contribution in [1.82, 2.24) is 20.4 Å². The SMILES string of the molecule is Cc1nn(C)cc1C1NC(=O)C(C)N1. The van der Waals surface area contributed by atoms with Gasteiger partial charge in [0.1, 0.15) is 6.17 Å². The van der Waals surface area contributed by atoms with E-state index in [1.165, 1.54) is 0 Å². The van der Waals surface area contributed by atoms with E-state index in [4.69, 9.17) is 0 Å². The zero-order valence-electron chi connectivity index (χ0n) is 8.53. The van der Waals surface area contributed by atoms with Gasteiger partial charge in [0.25, 0.3) is 0 Å². The molecule has 1 aromatic heterocycles. The minimum absolute atomic E-state index is 0.0400. The number of hydrogen-bond donors (Lipinski definition) is 2. The highest BCUT2D eigenvalue weighted by molar-refractivity contribution is 5.83. The Morgan fingerprint density at radius 2 is 2.29 bits per heavy atom. The summed E-state index contributed by atoms with van der Waals surface area (Å²) in [4.78, 5) is 11.3. The molecule has 2 unspecified atom stereocenters. The van der Waals surface area contributed by atoms with Crippen LogP contribution in [0.5, 0.6) is 0 Å². The molecule has 2 heterocycles. The Kier molecular flexibility index (Phi) is 2.03. The molecule has 1 aliphatic heterocycles. The normalized spacial score (nSPS) is 26.6. The van der Waals surface area contributed by atoms with E-state index in [1.807, 2.05) is 27.1 Å². The highest BCUT2D eigenvalue weighted by Crippen LogP contribution is 2.17. The van der Waals surface area contributed by atoms with Crippen LogP contribution in [0.25, 0.3) is 0 Å². The second kappa shape index (κ2) is 3.09. The lowest BCUT2D eigenvalue weighted by Gasteiger charge is -2.08. The topological polar surface area (TPSA) is 59.0 Å². The number of carbonyl (C=O) groups is 1. The number of rotatable bonds is 1. The van der Waals surface area contributed by atoms with Gasteiger partial charge in [0, 0.05) is 18.8 Å². The maximum atomic E-state index is 11.3. The number of nitrogens with one attached hydrogen (secondary N) is 2. The van der Waals surface area contributed by atoms with E-state index in [9.17, 15) is 4.79 Å². The van der Waals surface area contributed by atoms with Gasteiger partial charge in [-0.1, -0.05) is 0 Å². The molecule has 2 atom stereocenters. The predicted molar refractivity (Wildman–Crippen MR) is 51.4 cm³/mol. The number of hydrogen-bond acceptors (Lipinski definition) is 3. The van der Waals surface area contributed by atoms with E-state index in [1.54, 1.807) is 4.68 Å². The molecule has 1 aromatic rings. The van der Waals surface area contributed by atoms with Crippen LogP contribution in [0, 0.1) is 6.92 Å². The summed E-state index contributed by atoms with van der Waals surface area (Å²) in [7, 11) is 1.87.